The number of ether oxygens (including phenoxy) is 1. The number of carbonyl (C=O) groups is 1. The molecule has 3 aromatic rings. The summed E-state index contributed by atoms with van der Waals surface area (Å²) >= 11 is 0. The smallest absolute Gasteiger partial charge is 0.339 e. The molecule has 0 aliphatic carbocycles. The molecule has 3 rings (SSSR count). The summed E-state index contributed by atoms with van der Waals surface area (Å²) in [5.74, 6) is -1.23. The molecular formula is C20H17NO6S. The van der Waals surface area contributed by atoms with Gasteiger partial charge in [-0.05, 0) is 35.9 Å². The number of hydrogen-bond acceptors (Lipinski definition) is 5. The maximum Gasteiger partial charge on any atom is 0.339 e. The molecular weight excluding hydrogens is 382 g/mol. The lowest BCUT2D eigenvalue weighted by Gasteiger charge is -2.12. The number of carboxylic acid groups (broad SMARTS) is 1. The van der Waals surface area contributed by atoms with Crippen molar-refractivity contribution in [2.45, 2.75) is 4.90 Å². The van der Waals surface area contributed by atoms with Gasteiger partial charge in [-0.2, -0.15) is 0 Å². The first kappa shape index (κ1) is 19.2. The van der Waals surface area contributed by atoms with Crippen molar-refractivity contribution in [3.63, 3.8) is 0 Å². The third-order valence-electron chi connectivity index (χ3n) is 4.04. The molecule has 0 bridgehead atoms. The fraction of sp³-hybridized carbons (Fsp3) is 0.0500. The van der Waals surface area contributed by atoms with Gasteiger partial charge in [0, 0.05) is 11.6 Å². The zero-order valence-electron chi connectivity index (χ0n) is 14.8. The van der Waals surface area contributed by atoms with Gasteiger partial charge in [0.15, 0.2) is 0 Å². The number of aromatic carboxylic acids is 1. The van der Waals surface area contributed by atoms with E-state index < -0.39 is 21.7 Å². The van der Waals surface area contributed by atoms with Crippen molar-refractivity contribution in [1.82, 2.24) is 0 Å². The molecule has 0 aromatic heterocycles. The minimum absolute atomic E-state index is 0.0118. The van der Waals surface area contributed by atoms with Crippen molar-refractivity contribution in [3.8, 4) is 22.6 Å². The molecule has 28 heavy (non-hydrogen) atoms. The fourth-order valence-electron chi connectivity index (χ4n) is 2.70. The third-order valence-corrected chi connectivity index (χ3v) is 5.42. The Balaban J connectivity index is 1.95. The van der Waals surface area contributed by atoms with Gasteiger partial charge in [-0.1, -0.05) is 30.3 Å². The molecule has 8 heteroatoms. The number of phenols is 1. The number of methoxy groups -OCH3 is 1. The van der Waals surface area contributed by atoms with E-state index in [9.17, 15) is 18.3 Å². The highest BCUT2D eigenvalue weighted by Crippen LogP contribution is 2.31. The average Bonchev–Trinajstić information content (AvgIpc) is 2.67. The van der Waals surface area contributed by atoms with Crippen molar-refractivity contribution in [2.75, 3.05) is 11.8 Å². The van der Waals surface area contributed by atoms with Gasteiger partial charge >= 0.3 is 5.97 Å². The molecule has 144 valence electrons. The molecule has 0 radical (unpaired) electrons. The standard InChI is InChI=1S/C20H17NO6S/c1-27-19-8-3-2-7-16(19)13-5-4-6-15(11-13)28(25,26)21-14-9-10-17(20(23)24)18(22)12-14/h2-12,21-22H,1H3,(H,23,24). The Hall–Kier alpha value is -3.52. The van der Waals surface area contributed by atoms with Crippen LogP contribution in [0.4, 0.5) is 5.69 Å². The zero-order chi connectivity index (χ0) is 20.3. The molecule has 0 saturated heterocycles. The van der Waals surface area contributed by atoms with Crippen LogP contribution in [0, 0.1) is 0 Å². The minimum Gasteiger partial charge on any atom is -0.507 e. The van der Waals surface area contributed by atoms with E-state index in [-0.39, 0.29) is 16.1 Å². The molecule has 3 aromatic carbocycles. The van der Waals surface area contributed by atoms with E-state index in [1.165, 1.54) is 25.3 Å². The summed E-state index contributed by atoms with van der Waals surface area (Å²) in [7, 11) is -2.43. The monoisotopic (exact) mass is 399 g/mol. The topological polar surface area (TPSA) is 113 Å². The zero-order valence-corrected chi connectivity index (χ0v) is 15.6. The van der Waals surface area contributed by atoms with Gasteiger partial charge in [0.05, 0.1) is 17.7 Å². The Bertz CT molecular complexity index is 1140. The Morgan fingerprint density at radius 3 is 2.43 bits per heavy atom. The SMILES string of the molecule is COc1ccccc1-c1cccc(S(=O)(=O)Nc2ccc(C(=O)O)c(O)c2)c1. The summed E-state index contributed by atoms with van der Waals surface area (Å²) in [4.78, 5) is 11.0. The summed E-state index contributed by atoms with van der Waals surface area (Å²) in [5.41, 5.74) is 1.13. The predicted octanol–water partition coefficient (Wildman–Crippen LogP) is 3.57. The second kappa shape index (κ2) is 7.61. The molecule has 0 aliphatic heterocycles. The van der Waals surface area contributed by atoms with Gasteiger partial charge in [0.2, 0.25) is 0 Å². The number of sulfonamides is 1. The highest BCUT2D eigenvalue weighted by Gasteiger charge is 2.18. The average molecular weight is 399 g/mol. The van der Waals surface area contributed by atoms with Crippen molar-refractivity contribution in [2.24, 2.45) is 0 Å². The molecule has 7 nitrogen and oxygen atoms in total. The molecule has 0 saturated carbocycles. The molecule has 0 unspecified atom stereocenters. The summed E-state index contributed by atoms with van der Waals surface area (Å²) in [6, 6.07) is 17.0. The van der Waals surface area contributed by atoms with Crippen LogP contribution in [-0.2, 0) is 10.0 Å². The van der Waals surface area contributed by atoms with Gasteiger partial charge < -0.3 is 14.9 Å². The first-order valence-electron chi connectivity index (χ1n) is 8.14. The molecule has 0 fully saturated rings. The van der Waals surface area contributed by atoms with E-state index in [0.717, 1.165) is 17.7 Å². The van der Waals surface area contributed by atoms with Crippen LogP contribution in [0.2, 0.25) is 0 Å². The maximum atomic E-state index is 12.7. The quantitative estimate of drug-likeness (QED) is 0.584. The molecule has 0 spiro atoms. The second-order valence-corrected chi connectivity index (χ2v) is 7.55. The molecule has 3 N–H and O–H groups in total. The van der Waals surface area contributed by atoms with Gasteiger partial charge in [-0.3, -0.25) is 4.72 Å². The first-order chi connectivity index (χ1) is 13.3. The van der Waals surface area contributed by atoms with Gasteiger partial charge in [-0.15, -0.1) is 0 Å². The van der Waals surface area contributed by atoms with Crippen LogP contribution in [0.5, 0.6) is 11.5 Å². The van der Waals surface area contributed by atoms with E-state index in [0.29, 0.717) is 11.3 Å². The Labute approximate surface area is 161 Å². The number of nitrogens with one attached hydrogen (secondary N) is 1. The van der Waals surface area contributed by atoms with Gasteiger partial charge in [0.1, 0.15) is 17.1 Å². The van der Waals surface area contributed by atoms with Crippen molar-refractivity contribution >= 4 is 21.7 Å². The molecule has 0 amide bonds. The number of anilines is 1. The Morgan fingerprint density at radius 2 is 1.75 bits per heavy atom. The maximum absolute atomic E-state index is 12.7. The third kappa shape index (κ3) is 3.91. The van der Waals surface area contributed by atoms with E-state index in [2.05, 4.69) is 4.72 Å². The molecule has 0 atom stereocenters. The lowest BCUT2D eigenvalue weighted by molar-refractivity contribution is 0.0694. The predicted molar refractivity (Wildman–Crippen MR) is 104 cm³/mol. The normalized spacial score (nSPS) is 11.0. The number of para-hydroxylation sites is 1. The number of aromatic hydroxyl groups is 1. The number of hydrogen-bond donors (Lipinski definition) is 3. The second-order valence-electron chi connectivity index (χ2n) is 5.87. The number of rotatable bonds is 6. The number of carboxylic acids is 1. The lowest BCUT2D eigenvalue weighted by atomic mass is 10.1. The van der Waals surface area contributed by atoms with Crippen LogP contribution in [0.15, 0.2) is 71.6 Å². The minimum atomic E-state index is -3.96. The van der Waals surface area contributed by atoms with Crippen LogP contribution in [0.3, 0.4) is 0 Å². The van der Waals surface area contributed by atoms with E-state index in [1.54, 1.807) is 18.2 Å². The summed E-state index contributed by atoms with van der Waals surface area (Å²) in [6.45, 7) is 0. The van der Waals surface area contributed by atoms with Crippen LogP contribution in [0.25, 0.3) is 11.1 Å². The van der Waals surface area contributed by atoms with Gasteiger partial charge in [-0.25, -0.2) is 13.2 Å². The summed E-state index contributed by atoms with van der Waals surface area (Å²) in [6.07, 6.45) is 0. The van der Waals surface area contributed by atoms with E-state index >= 15 is 0 Å². The van der Waals surface area contributed by atoms with Crippen molar-refractivity contribution < 1.29 is 28.2 Å². The van der Waals surface area contributed by atoms with Crippen molar-refractivity contribution in [1.29, 1.82) is 0 Å². The van der Waals surface area contributed by atoms with Crippen LogP contribution < -0.4 is 9.46 Å². The highest BCUT2D eigenvalue weighted by atomic mass is 32.2. The van der Waals surface area contributed by atoms with Crippen LogP contribution >= 0.6 is 0 Å². The Morgan fingerprint density at radius 1 is 1.00 bits per heavy atom. The number of benzene rings is 3. The molecule has 0 aliphatic rings. The van der Waals surface area contributed by atoms with E-state index in [1.807, 2.05) is 18.2 Å². The largest absolute Gasteiger partial charge is 0.507 e. The van der Waals surface area contributed by atoms with E-state index in [4.69, 9.17) is 9.84 Å². The van der Waals surface area contributed by atoms with Gasteiger partial charge in [0.25, 0.3) is 10.0 Å². The molecule has 0 heterocycles. The van der Waals surface area contributed by atoms with Crippen molar-refractivity contribution in [3.05, 3.63) is 72.3 Å². The summed E-state index contributed by atoms with van der Waals surface area (Å²) < 4.78 is 33.1. The fourth-order valence-corrected chi connectivity index (χ4v) is 3.80. The summed E-state index contributed by atoms with van der Waals surface area (Å²) in [5, 5.41) is 18.7. The lowest BCUT2D eigenvalue weighted by Crippen LogP contribution is -2.13. The van der Waals surface area contributed by atoms with Crippen LogP contribution in [-0.4, -0.2) is 31.7 Å². The highest BCUT2D eigenvalue weighted by molar-refractivity contribution is 7.92. The van der Waals surface area contributed by atoms with Crippen LogP contribution in [0.1, 0.15) is 10.4 Å². The first-order valence-corrected chi connectivity index (χ1v) is 9.63. The Kier molecular flexibility index (Phi) is 5.23.